The van der Waals surface area contributed by atoms with Gasteiger partial charge in [0.25, 0.3) is 0 Å². The molecule has 0 aliphatic rings. The number of nitrogens with one attached hydrogen (secondary N) is 1. The van der Waals surface area contributed by atoms with Gasteiger partial charge in [-0.25, -0.2) is 0 Å². The third kappa shape index (κ3) is 5.08. The molecule has 6 nitrogen and oxygen atoms in total. The maximum atomic E-state index is 13.0. The third-order valence-electron chi connectivity index (χ3n) is 4.08. The highest BCUT2D eigenvalue weighted by molar-refractivity contribution is 5.95. The summed E-state index contributed by atoms with van der Waals surface area (Å²) < 4.78 is 44.0. The molecule has 2 rings (SSSR count). The molecule has 0 fully saturated rings. The van der Waals surface area contributed by atoms with Crippen LogP contribution >= 0.6 is 0 Å². The van der Waals surface area contributed by atoms with Crippen molar-refractivity contribution in [3.05, 3.63) is 46.8 Å². The van der Waals surface area contributed by atoms with E-state index in [0.29, 0.717) is 17.0 Å². The molecule has 2 amide bonds. The van der Waals surface area contributed by atoms with Gasteiger partial charge in [-0.3, -0.25) is 9.59 Å². The van der Waals surface area contributed by atoms with Crippen LogP contribution in [0, 0.1) is 13.8 Å². The van der Waals surface area contributed by atoms with E-state index in [4.69, 9.17) is 4.52 Å². The Balaban J connectivity index is 2.06. The highest BCUT2D eigenvalue weighted by Gasteiger charge is 2.33. The van der Waals surface area contributed by atoms with Gasteiger partial charge >= 0.3 is 6.18 Å². The van der Waals surface area contributed by atoms with Gasteiger partial charge < -0.3 is 14.7 Å². The first kappa shape index (κ1) is 20.5. The maximum absolute atomic E-state index is 13.0. The van der Waals surface area contributed by atoms with Crippen LogP contribution in [0.3, 0.4) is 0 Å². The fraction of sp³-hybridized carbons (Fsp3) is 0.389. The molecule has 0 saturated carbocycles. The molecular formula is C18H20F3N3O3. The standard InChI is InChI=1S/C18H20F3N3O3/c1-4-24(17(26)9-13-11(2)23-27-12(13)3)10-16(25)22-15-8-6-5-7-14(15)18(19,20)21/h5-8H,4,9-10H2,1-3H3,(H,22,25). The summed E-state index contributed by atoms with van der Waals surface area (Å²) in [5, 5.41) is 6.01. The molecule has 2 aromatic rings. The molecule has 0 radical (unpaired) electrons. The lowest BCUT2D eigenvalue weighted by Crippen LogP contribution is -2.39. The zero-order valence-electron chi connectivity index (χ0n) is 15.2. The molecule has 0 atom stereocenters. The average Bonchev–Trinajstić information content (AvgIpc) is 2.91. The van der Waals surface area contributed by atoms with Crippen LogP contribution in [0.25, 0.3) is 0 Å². The van der Waals surface area contributed by atoms with Crippen LogP contribution in [0.2, 0.25) is 0 Å². The summed E-state index contributed by atoms with van der Waals surface area (Å²) >= 11 is 0. The van der Waals surface area contributed by atoms with Gasteiger partial charge in [0.05, 0.1) is 29.9 Å². The van der Waals surface area contributed by atoms with Crippen molar-refractivity contribution < 1.29 is 27.3 Å². The first-order chi connectivity index (χ1) is 12.6. The van der Waals surface area contributed by atoms with Crippen LogP contribution in [0.5, 0.6) is 0 Å². The molecule has 0 saturated heterocycles. The third-order valence-corrected chi connectivity index (χ3v) is 4.08. The number of anilines is 1. The predicted molar refractivity (Wildman–Crippen MR) is 92.0 cm³/mol. The second-order valence-corrected chi connectivity index (χ2v) is 5.98. The number of aryl methyl sites for hydroxylation is 2. The fourth-order valence-electron chi connectivity index (χ4n) is 2.60. The molecule has 0 aliphatic heterocycles. The van der Waals surface area contributed by atoms with Gasteiger partial charge in [0.2, 0.25) is 11.8 Å². The number of amides is 2. The minimum absolute atomic E-state index is 0.00141. The Morgan fingerprint density at radius 3 is 2.44 bits per heavy atom. The molecule has 0 aliphatic carbocycles. The van der Waals surface area contributed by atoms with E-state index in [2.05, 4.69) is 10.5 Å². The quantitative estimate of drug-likeness (QED) is 0.830. The van der Waals surface area contributed by atoms with Crippen molar-refractivity contribution in [2.45, 2.75) is 33.4 Å². The van der Waals surface area contributed by atoms with E-state index in [1.165, 1.54) is 23.1 Å². The normalized spacial score (nSPS) is 11.3. The van der Waals surface area contributed by atoms with Gasteiger partial charge in [0, 0.05) is 12.1 Å². The molecule has 1 aromatic carbocycles. The maximum Gasteiger partial charge on any atom is 0.418 e. The van der Waals surface area contributed by atoms with Gasteiger partial charge in [0.15, 0.2) is 0 Å². The van der Waals surface area contributed by atoms with Crippen molar-refractivity contribution in [2.24, 2.45) is 0 Å². The number of hydrogen-bond acceptors (Lipinski definition) is 4. The molecule has 1 N–H and O–H groups in total. The number of carbonyl (C=O) groups excluding carboxylic acids is 2. The van der Waals surface area contributed by atoms with Crippen molar-refractivity contribution in [1.29, 1.82) is 0 Å². The Morgan fingerprint density at radius 1 is 1.22 bits per heavy atom. The minimum Gasteiger partial charge on any atom is -0.361 e. The van der Waals surface area contributed by atoms with Crippen LogP contribution in [-0.4, -0.2) is 35.0 Å². The topological polar surface area (TPSA) is 75.4 Å². The van der Waals surface area contributed by atoms with E-state index >= 15 is 0 Å². The van der Waals surface area contributed by atoms with E-state index < -0.39 is 17.6 Å². The van der Waals surface area contributed by atoms with E-state index in [9.17, 15) is 22.8 Å². The molecular weight excluding hydrogens is 363 g/mol. The Labute approximate surface area is 154 Å². The Kier molecular flexibility index (Phi) is 6.24. The van der Waals surface area contributed by atoms with Gasteiger partial charge in [-0.15, -0.1) is 0 Å². The van der Waals surface area contributed by atoms with Crippen LogP contribution < -0.4 is 5.32 Å². The van der Waals surface area contributed by atoms with Crippen molar-refractivity contribution in [3.63, 3.8) is 0 Å². The SMILES string of the molecule is CCN(CC(=O)Nc1ccccc1C(F)(F)F)C(=O)Cc1c(C)noc1C. The van der Waals surface area contributed by atoms with Crippen molar-refractivity contribution in [1.82, 2.24) is 10.1 Å². The fourth-order valence-corrected chi connectivity index (χ4v) is 2.60. The van der Waals surface area contributed by atoms with Gasteiger partial charge in [-0.1, -0.05) is 17.3 Å². The molecule has 0 bridgehead atoms. The zero-order chi connectivity index (χ0) is 20.2. The Hall–Kier alpha value is -2.84. The first-order valence-corrected chi connectivity index (χ1v) is 8.29. The monoisotopic (exact) mass is 383 g/mol. The van der Waals surface area contributed by atoms with Gasteiger partial charge in [-0.2, -0.15) is 13.2 Å². The molecule has 0 spiro atoms. The summed E-state index contributed by atoms with van der Waals surface area (Å²) in [5.74, 6) is -0.535. The smallest absolute Gasteiger partial charge is 0.361 e. The molecule has 146 valence electrons. The Morgan fingerprint density at radius 2 is 1.89 bits per heavy atom. The van der Waals surface area contributed by atoms with Crippen molar-refractivity contribution in [3.8, 4) is 0 Å². The van der Waals surface area contributed by atoms with Crippen LogP contribution in [-0.2, 0) is 22.2 Å². The molecule has 1 heterocycles. The summed E-state index contributed by atoms with van der Waals surface area (Å²) in [5.41, 5.74) is -0.0607. The van der Waals surface area contributed by atoms with Crippen molar-refractivity contribution >= 4 is 17.5 Å². The van der Waals surface area contributed by atoms with Crippen LogP contribution in [0.4, 0.5) is 18.9 Å². The van der Waals surface area contributed by atoms with E-state index in [-0.39, 0.29) is 31.1 Å². The number of alkyl halides is 3. The number of benzene rings is 1. The summed E-state index contributed by atoms with van der Waals surface area (Å²) in [6.07, 6.45) is -4.59. The summed E-state index contributed by atoms with van der Waals surface area (Å²) in [6.45, 7) is 4.94. The minimum atomic E-state index is -4.59. The first-order valence-electron chi connectivity index (χ1n) is 8.29. The summed E-state index contributed by atoms with van der Waals surface area (Å²) in [7, 11) is 0. The number of hydrogen-bond donors (Lipinski definition) is 1. The number of carbonyl (C=O) groups is 2. The lowest BCUT2D eigenvalue weighted by molar-refractivity contribution is -0.137. The summed E-state index contributed by atoms with van der Waals surface area (Å²) in [6, 6.07) is 4.69. The van der Waals surface area contributed by atoms with Gasteiger partial charge in [-0.05, 0) is 32.9 Å². The molecule has 9 heteroatoms. The number of aromatic nitrogens is 1. The second kappa shape index (κ2) is 8.24. The lowest BCUT2D eigenvalue weighted by Gasteiger charge is -2.21. The van der Waals surface area contributed by atoms with Crippen LogP contribution in [0.1, 0.15) is 29.5 Å². The van der Waals surface area contributed by atoms with Gasteiger partial charge in [0.1, 0.15) is 5.76 Å². The average molecular weight is 383 g/mol. The predicted octanol–water partition coefficient (Wildman–Crippen LogP) is 3.34. The van der Waals surface area contributed by atoms with Crippen LogP contribution in [0.15, 0.2) is 28.8 Å². The highest BCUT2D eigenvalue weighted by Crippen LogP contribution is 2.34. The molecule has 27 heavy (non-hydrogen) atoms. The van der Waals surface area contributed by atoms with E-state index in [1.807, 2.05) is 0 Å². The van der Waals surface area contributed by atoms with E-state index in [0.717, 1.165) is 6.07 Å². The molecule has 1 aromatic heterocycles. The number of halogens is 3. The second-order valence-electron chi connectivity index (χ2n) is 5.98. The summed E-state index contributed by atoms with van der Waals surface area (Å²) in [4.78, 5) is 25.9. The number of likely N-dealkylation sites (N-methyl/N-ethyl adjacent to an activating group) is 1. The number of rotatable bonds is 6. The lowest BCUT2D eigenvalue weighted by atomic mass is 10.1. The molecule has 0 unspecified atom stereocenters. The number of nitrogens with zero attached hydrogens (tertiary/aromatic N) is 2. The highest BCUT2D eigenvalue weighted by atomic mass is 19.4. The van der Waals surface area contributed by atoms with Crippen molar-refractivity contribution in [2.75, 3.05) is 18.4 Å². The largest absolute Gasteiger partial charge is 0.418 e. The van der Waals surface area contributed by atoms with E-state index in [1.54, 1.807) is 20.8 Å². The Bertz CT molecular complexity index is 811. The number of para-hydroxylation sites is 1. The zero-order valence-corrected chi connectivity index (χ0v) is 15.2.